The van der Waals surface area contributed by atoms with Crippen LogP contribution in [0.1, 0.15) is 16.7 Å². The molecule has 36 heavy (non-hydrogen) atoms. The van der Waals surface area contributed by atoms with Gasteiger partial charge in [0.25, 0.3) is 0 Å². The van der Waals surface area contributed by atoms with Crippen LogP contribution in [0.4, 0.5) is 0 Å². The van der Waals surface area contributed by atoms with Gasteiger partial charge < -0.3 is 4.57 Å². The molecule has 0 saturated carbocycles. The largest absolute Gasteiger partial charge is 0.342 e. The summed E-state index contributed by atoms with van der Waals surface area (Å²) < 4.78 is 5.09. The highest BCUT2D eigenvalue weighted by Crippen LogP contribution is 2.41. The second kappa shape index (κ2) is 7.81. The van der Waals surface area contributed by atoms with Gasteiger partial charge >= 0.3 is 0 Å². The molecule has 0 aliphatic rings. The Hall–Kier alpha value is -3.88. The Morgan fingerprint density at radius 1 is 0.528 bits per heavy atom. The van der Waals surface area contributed by atoms with Crippen LogP contribution in [0.15, 0.2) is 91.0 Å². The maximum atomic E-state index is 2.45. The Morgan fingerprint density at radius 3 is 1.58 bits per heavy atom. The molecule has 1 aromatic heterocycles. The summed E-state index contributed by atoms with van der Waals surface area (Å²) in [7, 11) is 2.23. The molecular formula is C34H27NS. The second-order valence-electron chi connectivity index (χ2n) is 10.00. The summed E-state index contributed by atoms with van der Waals surface area (Å²) in [6, 6.07) is 33.8. The number of aromatic nitrogens is 1. The molecule has 7 aromatic rings. The molecule has 0 bridgehead atoms. The normalized spacial score (nSPS) is 11.9. The molecule has 0 aliphatic heterocycles. The van der Waals surface area contributed by atoms with Gasteiger partial charge in [-0.15, -0.1) is 11.3 Å². The average Bonchev–Trinajstić information content (AvgIpc) is 2.87. The van der Waals surface area contributed by atoms with Crippen molar-refractivity contribution in [3.05, 3.63) is 108 Å². The molecule has 0 N–H and O–H groups in total. The Morgan fingerprint density at radius 2 is 1.00 bits per heavy atom. The van der Waals surface area contributed by atoms with E-state index in [1.165, 1.54) is 80.2 Å². The first-order chi connectivity index (χ1) is 17.5. The summed E-state index contributed by atoms with van der Waals surface area (Å²) in [6.45, 7) is 6.75. The van der Waals surface area contributed by atoms with Crippen LogP contribution in [0.2, 0.25) is 0 Å². The monoisotopic (exact) mass is 481 g/mol. The third kappa shape index (κ3) is 2.95. The molecule has 0 aliphatic carbocycles. The number of benzene rings is 5. The molecule has 0 amide bonds. The van der Waals surface area contributed by atoms with Crippen molar-refractivity contribution in [2.24, 2.45) is 7.05 Å². The first kappa shape index (κ1) is 21.4. The Labute approximate surface area is 214 Å². The van der Waals surface area contributed by atoms with E-state index in [0.29, 0.717) is 0 Å². The van der Waals surface area contributed by atoms with Crippen molar-refractivity contribution in [3.8, 4) is 0 Å². The molecule has 0 unspecified atom stereocenters. The van der Waals surface area contributed by atoms with Crippen LogP contribution in [0.25, 0.3) is 63.5 Å². The van der Waals surface area contributed by atoms with Crippen LogP contribution in [0.3, 0.4) is 0 Å². The summed E-state index contributed by atoms with van der Waals surface area (Å²) in [5.74, 6) is 0. The lowest BCUT2D eigenvalue weighted by atomic mass is 9.92. The fourth-order valence-electron chi connectivity index (χ4n) is 6.33. The molecule has 6 aromatic carbocycles. The van der Waals surface area contributed by atoms with Gasteiger partial charge in [0.15, 0.2) is 0 Å². The summed E-state index contributed by atoms with van der Waals surface area (Å²) in [4.78, 5) is 0. The van der Waals surface area contributed by atoms with Gasteiger partial charge in [0.05, 0.1) is 20.4 Å². The smallest absolute Gasteiger partial charge is 0.0620 e. The van der Waals surface area contributed by atoms with Gasteiger partial charge in [-0.3, -0.25) is 0 Å². The predicted molar refractivity (Wildman–Crippen MR) is 160 cm³/mol. The molecule has 0 fully saturated rings. The molecule has 1 nitrogen and oxygen atoms in total. The van der Waals surface area contributed by atoms with Crippen LogP contribution >= 0.6 is 11.3 Å². The van der Waals surface area contributed by atoms with Gasteiger partial charge in [-0.25, -0.2) is 0 Å². The average molecular weight is 482 g/mol. The Bertz CT molecular complexity index is 2090. The number of fused-ring (bicyclic) bond motifs is 10. The number of hydrogen-bond donors (Lipinski definition) is 0. The maximum Gasteiger partial charge on any atom is 0.0620 e. The summed E-state index contributed by atoms with van der Waals surface area (Å²) >= 11 is 1.91. The number of aryl methyl sites for hydroxylation is 4. The van der Waals surface area contributed by atoms with Gasteiger partial charge in [-0.1, -0.05) is 78.9 Å². The lowest BCUT2D eigenvalue weighted by molar-refractivity contribution is 0.996. The lowest BCUT2D eigenvalue weighted by Gasteiger charge is -2.18. The van der Waals surface area contributed by atoms with Gasteiger partial charge in [0.2, 0.25) is 0 Å². The van der Waals surface area contributed by atoms with Crippen molar-refractivity contribution in [2.75, 3.05) is 0 Å². The molecule has 7 rings (SSSR count). The van der Waals surface area contributed by atoms with Gasteiger partial charge in [-0.05, 0) is 92.7 Å². The number of nitrogens with zero attached hydrogens (tertiary/aromatic N) is 1. The van der Waals surface area contributed by atoms with E-state index in [1.54, 1.807) is 0 Å². The third-order valence-corrected chi connectivity index (χ3v) is 8.79. The van der Waals surface area contributed by atoms with Gasteiger partial charge in [0.1, 0.15) is 0 Å². The molecule has 0 radical (unpaired) electrons. The third-order valence-electron chi connectivity index (χ3n) is 7.73. The van der Waals surface area contributed by atoms with Gasteiger partial charge in [0, 0.05) is 7.05 Å². The van der Waals surface area contributed by atoms with Crippen molar-refractivity contribution in [1.82, 2.24) is 4.57 Å². The fourth-order valence-corrected chi connectivity index (χ4v) is 7.77. The first-order valence-corrected chi connectivity index (χ1v) is 13.3. The first-order valence-electron chi connectivity index (χ1n) is 12.5. The molecule has 174 valence electrons. The fraction of sp³-hybridized carbons (Fsp3) is 0.118. The zero-order valence-corrected chi connectivity index (χ0v) is 21.8. The van der Waals surface area contributed by atoms with Crippen LogP contribution < -0.4 is 0 Å². The molecule has 0 spiro atoms. The summed E-state index contributed by atoms with van der Waals surface area (Å²) in [6.07, 6.45) is 0. The lowest BCUT2D eigenvalue weighted by Crippen LogP contribution is -2.00. The number of hydrogen-bond acceptors (Lipinski definition) is 1. The topological polar surface area (TPSA) is 4.93 Å². The van der Waals surface area contributed by atoms with E-state index in [-0.39, 0.29) is 0 Å². The minimum atomic E-state index is 1.29. The van der Waals surface area contributed by atoms with Crippen LogP contribution in [-0.4, -0.2) is 4.57 Å². The Kier molecular flexibility index (Phi) is 4.64. The van der Waals surface area contributed by atoms with Crippen molar-refractivity contribution in [2.45, 2.75) is 20.8 Å². The van der Waals surface area contributed by atoms with E-state index in [1.807, 2.05) is 11.3 Å². The Balaban J connectivity index is 1.88. The quantitative estimate of drug-likeness (QED) is 0.190. The molecule has 2 heteroatoms. The van der Waals surface area contributed by atoms with Crippen molar-refractivity contribution in [1.29, 1.82) is 0 Å². The number of rotatable bonds is 0. The highest BCUT2D eigenvalue weighted by Gasteiger charge is 2.15. The van der Waals surface area contributed by atoms with E-state index < -0.39 is 0 Å². The van der Waals surface area contributed by atoms with Crippen LogP contribution in [0.5, 0.6) is 0 Å². The van der Waals surface area contributed by atoms with E-state index in [9.17, 15) is 0 Å². The zero-order chi connectivity index (χ0) is 24.6. The molecule has 0 atom stereocenters. The SMILES string of the molecule is Cc1cc(C)c2c(c1)sc1cc3c4ccccc4c4ccccc4c4ccccc4c3c(C)c1n2C. The zero-order valence-electron chi connectivity index (χ0n) is 21.0. The highest BCUT2D eigenvalue weighted by molar-refractivity contribution is 7.24. The minimum absolute atomic E-state index is 1.29. The summed E-state index contributed by atoms with van der Waals surface area (Å²) in [5, 5.41) is 10.4. The molecule has 0 saturated heterocycles. The van der Waals surface area contributed by atoms with Crippen LogP contribution in [0, 0.1) is 20.8 Å². The van der Waals surface area contributed by atoms with E-state index >= 15 is 0 Å². The molecule has 1 heterocycles. The van der Waals surface area contributed by atoms with Gasteiger partial charge in [-0.2, -0.15) is 0 Å². The van der Waals surface area contributed by atoms with Crippen molar-refractivity contribution >= 4 is 74.9 Å². The predicted octanol–water partition coefficient (Wildman–Crippen LogP) is 10.1. The second-order valence-corrected chi connectivity index (χ2v) is 11.1. The van der Waals surface area contributed by atoms with Crippen molar-refractivity contribution in [3.63, 3.8) is 0 Å². The maximum absolute atomic E-state index is 2.45. The van der Waals surface area contributed by atoms with Crippen LogP contribution in [-0.2, 0) is 7.05 Å². The summed E-state index contributed by atoms with van der Waals surface area (Å²) in [5.41, 5.74) is 6.63. The highest BCUT2D eigenvalue weighted by atomic mass is 32.1. The minimum Gasteiger partial charge on any atom is -0.342 e. The standard InChI is InChI=1S/C34H27NS/c1-20-17-21(2)33-30(18-20)36-31-19-29-27-15-8-7-13-25(27)23-11-5-6-12-24(23)26-14-9-10-16-28(26)32(29)22(3)34(31)35(33)4/h5-19H,1-4H3. The van der Waals surface area contributed by atoms with E-state index in [0.717, 1.165) is 0 Å². The van der Waals surface area contributed by atoms with Crippen molar-refractivity contribution < 1.29 is 0 Å². The molecular weight excluding hydrogens is 454 g/mol. The van der Waals surface area contributed by atoms with E-state index in [4.69, 9.17) is 0 Å². The van der Waals surface area contributed by atoms with E-state index in [2.05, 4.69) is 123 Å².